The van der Waals surface area contributed by atoms with Crippen LogP contribution < -0.4 is 0 Å². The lowest BCUT2D eigenvalue weighted by Gasteiger charge is -2.11. The van der Waals surface area contributed by atoms with E-state index in [2.05, 4.69) is 179 Å². The van der Waals surface area contributed by atoms with Gasteiger partial charge in [0.2, 0.25) is 0 Å². The molecule has 222 valence electrons. The Balaban J connectivity index is 1.10. The summed E-state index contributed by atoms with van der Waals surface area (Å²) in [5.74, 6) is 0. The van der Waals surface area contributed by atoms with E-state index >= 15 is 0 Å². The lowest BCUT2D eigenvalue weighted by molar-refractivity contribution is 1.18. The van der Waals surface area contributed by atoms with E-state index in [9.17, 15) is 0 Å². The minimum absolute atomic E-state index is 1.18. The predicted octanol–water partition coefficient (Wildman–Crippen LogP) is 12.3. The molecule has 0 atom stereocenters. The molecule has 0 fully saturated rings. The molecular formula is C46H28N2. The molecule has 2 heterocycles. The van der Waals surface area contributed by atoms with Crippen LogP contribution in [-0.2, 0) is 0 Å². The Kier molecular flexibility index (Phi) is 5.14. The average Bonchev–Trinajstić information content (AvgIpc) is 3.78. The van der Waals surface area contributed by atoms with Gasteiger partial charge in [-0.05, 0) is 105 Å². The molecule has 0 saturated heterocycles. The van der Waals surface area contributed by atoms with Crippen LogP contribution in [0.1, 0.15) is 0 Å². The number of rotatable bonds is 3. The zero-order valence-electron chi connectivity index (χ0n) is 26.1. The van der Waals surface area contributed by atoms with Gasteiger partial charge < -0.3 is 9.13 Å². The van der Waals surface area contributed by atoms with E-state index < -0.39 is 0 Å². The van der Waals surface area contributed by atoms with Crippen LogP contribution >= 0.6 is 0 Å². The van der Waals surface area contributed by atoms with Gasteiger partial charge in [0.05, 0.1) is 22.1 Å². The number of benzene rings is 8. The molecule has 2 heteroatoms. The normalized spacial score (nSPS) is 12.2. The Morgan fingerprint density at radius 1 is 0.292 bits per heavy atom. The van der Waals surface area contributed by atoms with Crippen molar-refractivity contribution in [2.75, 3.05) is 0 Å². The predicted molar refractivity (Wildman–Crippen MR) is 202 cm³/mol. The lowest BCUT2D eigenvalue weighted by atomic mass is 10.0. The summed E-state index contributed by atoms with van der Waals surface area (Å²) in [6.07, 6.45) is 0. The zero-order chi connectivity index (χ0) is 31.3. The lowest BCUT2D eigenvalue weighted by Crippen LogP contribution is -1.94. The fourth-order valence-electron chi connectivity index (χ4n) is 8.36. The fourth-order valence-corrected chi connectivity index (χ4v) is 8.36. The van der Waals surface area contributed by atoms with Crippen LogP contribution in [0.5, 0.6) is 0 Å². The second kappa shape index (κ2) is 9.57. The second-order valence-electron chi connectivity index (χ2n) is 12.9. The summed E-state index contributed by atoms with van der Waals surface area (Å²) >= 11 is 0. The molecule has 11 rings (SSSR count). The molecule has 8 aromatic carbocycles. The number of para-hydroxylation sites is 3. The Hall–Kier alpha value is -6.38. The molecule has 0 N–H and O–H groups in total. The van der Waals surface area contributed by atoms with Crippen LogP contribution in [0.3, 0.4) is 0 Å². The summed E-state index contributed by atoms with van der Waals surface area (Å²) in [6, 6.07) is 62.5. The number of nitrogens with zero attached hydrogens (tertiary/aromatic N) is 2. The SMILES string of the molecule is c1ccc(-n2c3ccccc3c3cc(-c4ccc5c(c4)c4ccccc4n5-c4ccc5c(c4)-c4cccc6cccc-5c46)ccc32)cc1. The van der Waals surface area contributed by atoms with E-state index in [1.165, 1.54) is 99.1 Å². The maximum atomic E-state index is 2.44. The van der Waals surface area contributed by atoms with Crippen molar-refractivity contribution in [3.8, 4) is 44.8 Å². The third-order valence-electron chi connectivity index (χ3n) is 10.4. The maximum absolute atomic E-state index is 2.44. The molecule has 1 aliphatic rings. The van der Waals surface area contributed by atoms with Crippen molar-refractivity contribution in [3.05, 3.63) is 170 Å². The van der Waals surface area contributed by atoms with Crippen LogP contribution in [0.15, 0.2) is 170 Å². The van der Waals surface area contributed by atoms with Gasteiger partial charge in [0.15, 0.2) is 0 Å². The van der Waals surface area contributed by atoms with Gasteiger partial charge in [0, 0.05) is 32.9 Å². The third-order valence-corrected chi connectivity index (χ3v) is 10.4. The molecule has 0 spiro atoms. The Bertz CT molecular complexity index is 2930. The smallest absolute Gasteiger partial charge is 0.0541 e. The third kappa shape index (κ3) is 3.46. The van der Waals surface area contributed by atoms with Gasteiger partial charge in [0.25, 0.3) is 0 Å². The van der Waals surface area contributed by atoms with Gasteiger partial charge >= 0.3 is 0 Å². The molecule has 0 bridgehead atoms. The summed E-state index contributed by atoms with van der Waals surface area (Å²) < 4.78 is 4.81. The minimum Gasteiger partial charge on any atom is -0.309 e. The first-order valence-electron chi connectivity index (χ1n) is 16.6. The van der Waals surface area contributed by atoms with Crippen molar-refractivity contribution in [2.24, 2.45) is 0 Å². The fraction of sp³-hybridized carbons (Fsp3) is 0. The molecule has 0 saturated carbocycles. The summed E-state index contributed by atoms with van der Waals surface area (Å²) in [6.45, 7) is 0. The van der Waals surface area contributed by atoms with Crippen LogP contribution in [0, 0.1) is 0 Å². The van der Waals surface area contributed by atoms with Gasteiger partial charge in [-0.2, -0.15) is 0 Å². The van der Waals surface area contributed by atoms with Crippen molar-refractivity contribution < 1.29 is 0 Å². The second-order valence-corrected chi connectivity index (χ2v) is 12.9. The van der Waals surface area contributed by atoms with E-state index in [4.69, 9.17) is 0 Å². The van der Waals surface area contributed by atoms with E-state index in [0.29, 0.717) is 0 Å². The monoisotopic (exact) mass is 608 g/mol. The Morgan fingerprint density at radius 3 is 1.48 bits per heavy atom. The molecule has 1 aliphatic carbocycles. The van der Waals surface area contributed by atoms with Crippen molar-refractivity contribution >= 4 is 54.4 Å². The van der Waals surface area contributed by atoms with E-state index in [-0.39, 0.29) is 0 Å². The highest BCUT2D eigenvalue weighted by Gasteiger charge is 2.22. The first kappa shape index (κ1) is 25.8. The molecule has 0 amide bonds. The van der Waals surface area contributed by atoms with Crippen molar-refractivity contribution in [1.82, 2.24) is 9.13 Å². The van der Waals surface area contributed by atoms with Crippen LogP contribution in [0.25, 0.3) is 99.1 Å². The highest BCUT2D eigenvalue weighted by Crippen LogP contribution is 2.48. The average molecular weight is 609 g/mol. The molecule has 2 aromatic heterocycles. The molecule has 10 aromatic rings. The molecule has 0 unspecified atom stereocenters. The van der Waals surface area contributed by atoms with E-state index in [1.54, 1.807) is 0 Å². The topological polar surface area (TPSA) is 9.86 Å². The van der Waals surface area contributed by atoms with Crippen molar-refractivity contribution in [2.45, 2.75) is 0 Å². The number of hydrogen-bond donors (Lipinski definition) is 0. The summed E-state index contributed by atoms with van der Waals surface area (Å²) in [4.78, 5) is 0. The first-order chi connectivity index (χ1) is 23.8. The van der Waals surface area contributed by atoms with Gasteiger partial charge in [0.1, 0.15) is 0 Å². The molecular weight excluding hydrogens is 581 g/mol. The highest BCUT2D eigenvalue weighted by atomic mass is 15.0. The zero-order valence-corrected chi connectivity index (χ0v) is 26.1. The van der Waals surface area contributed by atoms with E-state index in [1.807, 2.05) is 0 Å². The van der Waals surface area contributed by atoms with Crippen LogP contribution in [-0.4, -0.2) is 9.13 Å². The van der Waals surface area contributed by atoms with Gasteiger partial charge in [-0.3, -0.25) is 0 Å². The summed E-state index contributed by atoms with van der Waals surface area (Å²) in [5, 5.41) is 7.73. The standard InChI is InChI=1S/C46H28N2/c1-2-12-32(13-3-1)47-42-18-6-4-14-35(42)40-26-30(20-24-44(40)47)31-21-25-45-41(27-31)36-15-5-7-19-43(36)48(45)33-22-23-34-37-16-8-10-29-11-9-17-38(46(29)37)39(34)28-33/h1-28H. The molecule has 0 radical (unpaired) electrons. The molecule has 0 aliphatic heterocycles. The Morgan fingerprint density at radius 2 is 0.833 bits per heavy atom. The molecule has 48 heavy (non-hydrogen) atoms. The first-order valence-corrected chi connectivity index (χ1v) is 16.6. The van der Waals surface area contributed by atoms with E-state index in [0.717, 1.165) is 0 Å². The van der Waals surface area contributed by atoms with Crippen LogP contribution in [0.2, 0.25) is 0 Å². The molecule has 2 nitrogen and oxygen atoms in total. The quantitative estimate of drug-likeness (QED) is 0.189. The maximum Gasteiger partial charge on any atom is 0.0541 e. The van der Waals surface area contributed by atoms with Gasteiger partial charge in [-0.25, -0.2) is 0 Å². The van der Waals surface area contributed by atoms with Gasteiger partial charge in [-0.15, -0.1) is 0 Å². The summed E-state index contributed by atoms with van der Waals surface area (Å²) in [7, 11) is 0. The number of fused-ring (bicyclic) bond motifs is 9. The summed E-state index contributed by atoms with van der Waals surface area (Å²) in [5.41, 5.74) is 15.0. The Labute approximate surface area is 277 Å². The van der Waals surface area contributed by atoms with Crippen molar-refractivity contribution in [3.63, 3.8) is 0 Å². The highest BCUT2D eigenvalue weighted by molar-refractivity contribution is 6.16. The van der Waals surface area contributed by atoms with Gasteiger partial charge in [-0.1, -0.05) is 109 Å². The van der Waals surface area contributed by atoms with Crippen LogP contribution in [0.4, 0.5) is 0 Å². The number of hydrogen-bond acceptors (Lipinski definition) is 0. The number of aromatic nitrogens is 2. The minimum atomic E-state index is 1.18. The van der Waals surface area contributed by atoms with Crippen molar-refractivity contribution in [1.29, 1.82) is 0 Å². The largest absolute Gasteiger partial charge is 0.309 e.